The zero-order valence-electron chi connectivity index (χ0n) is 14.8. The summed E-state index contributed by atoms with van der Waals surface area (Å²) >= 11 is 0. The molecule has 0 saturated heterocycles. The molecule has 0 spiro atoms. The van der Waals surface area contributed by atoms with E-state index >= 15 is 0 Å². The molecular weight excluding hydrogens is 306 g/mol. The number of unbranched alkanes of at least 4 members (excludes halogenated alkanes) is 1. The highest BCUT2D eigenvalue weighted by Gasteiger charge is 2.45. The topological polar surface area (TPSA) is 75.6 Å². The first-order chi connectivity index (χ1) is 11.5. The molecule has 5 nitrogen and oxygen atoms in total. The summed E-state index contributed by atoms with van der Waals surface area (Å²) in [4.78, 5) is 24.1. The molecule has 5 heteroatoms. The van der Waals surface area contributed by atoms with E-state index in [1.165, 1.54) is 0 Å². The second kappa shape index (κ2) is 8.54. The van der Waals surface area contributed by atoms with Crippen molar-refractivity contribution >= 4 is 12.1 Å². The molecule has 0 radical (unpaired) electrons. The van der Waals surface area contributed by atoms with E-state index in [2.05, 4.69) is 11.9 Å². The minimum absolute atomic E-state index is 0.0190. The second-order valence-electron chi connectivity index (χ2n) is 7.47. The van der Waals surface area contributed by atoms with Gasteiger partial charge in [-0.3, -0.25) is 0 Å². The zero-order chi connectivity index (χ0) is 17.6. The number of hydrogen-bond acceptors (Lipinski definition) is 3. The number of carbonyl (C=O) groups excluding carboxylic acids is 1. The molecule has 24 heavy (non-hydrogen) atoms. The first kappa shape index (κ1) is 18.8. The smallest absolute Gasteiger partial charge is 0.408 e. The normalized spacial score (nSPS) is 26.7. The zero-order valence-corrected chi connectivity index (χ0v) is 14.8. The highest BCUT2D eigenvalue weighted by molar-refractivity contribution is 5.84. The van der Waals surface area contributed by atoms with Crippen LogP contribution in [0.25, 0.3) is 0 Å². The van der Waals surface area contributed by atoms with Gasteiger partial charge in [-0.1, -0.05) is 18.9 Å². The highest BCUT2D eigenvalue weighted by atomic mass is 16.6. The van der Waals surface area contributed by atoms with Crippen LogP contribution in [0.4, 0.5) is 4.79 Å². The van der Waals surface area contributed by atoms with Crippen molar-refractivity contribution < 1.29 is 19.4 Å². The van der Waals surface area contributed by atoms with Gasteiger partial charge in [0.2, 0.25) is 0 Å². The van der Waals surface area contributed by atoms with Crippen LogP contribution in [-0.4, -0.2) is 28.8 Å². The predicted octanol–water partition coefficient (Wildman–Crippen LogP) is 4.27. The van der Waals surface area contributed by atoms with Crippen LogP contribution < -0.4 is 5.32 Å². The maximum absolute atomic E-state index is 12.3. The summed E-state index contributed by atoms with van der Waals surface area (Å²) in [6.07, 6.45) is 11.1. The molecular formula is C19H31NO4. The fourth-order valence-electron chi connectivity index (χ4n) is 4.22. The summed E-state index contributed by atoms with van der Waals surface area (Å²) in [6, 6.07) is 0. The van der Waals surface area contributed by atoms with Gasteiger partial charge in [0.05, 0.1) is 0 Å². The average Bonchev–Trinajstić information content (AvgIpc) is 3.19. The highest BCUT2D eigenvalue weighted by Crippen LogP contribution is 2.35. The van der Waals surface area contributed by atoms with E-state index in [0.29, 0.717) is 5.92 Å². The number of alkyl carbamates (subject to hydrolysis) is 1. The Morgan fingerprint density at radius 2 is 1.96 bits per heavy atom. The Balaban J connectivity index is 1.90. The molecule has 2 rings (SSSR count). The van der Waals surface area contributed by atoms with E-state index in [1.807, 2.05) is 6.08 Å². The molecule has 2 saturated carbocycles. The molecule has 2 fully saturated rings. The number of rotatable bonds is 8. The lowest BCUT2D eigenvalue weighted by Crippen LogP contribution is -2.57. The van der Waals surface area contributed by atoms with Gasteiger partial charge in [-0.2, -0.15) is 0 Å². The lowest BCUT2D eigenvalue weighted by atomic mass is 9.84. The first-order valence-corrected chi connectivity index (χ1v) is 9.30. The Morgan fingerprint density at radius 3 is 2.58 bits per heavy atom. The quantitative estimate of drug-likeness (QED) is 0.512. The van der Waals surface area contributed by atoms with E-state index in [1.54, 1.807) is 6.92 Å². The first-order valence-electron chi connectivity index (χ1n) is 9.30. The van der Waals surface area contributed by atoms with E-state index in [0.717, 1.165) is 64.2 Å². The SMILES string of the molecule is C=CCCC[C@@H]1CCC[C@H]1OC(=O)N[C@](C)(C(=O)O)C1CCCC1. The fourth-order valence-corrected chi connectivity index (χ4v) is 4.22. The molecule has 3 atom stereocenters. The van der Waals surface area contributed by atoms with Crippen LogP contribution in [-0.2, 0) is 9.53 Å². The molecule has 0 aromatic heterocycles. The van der Waals surface area contributed by atoms with Crippen LogP contribution in [0.15, 0.2) is 12.7 Å². The third-order valence-electron chi connectivity index (χ3n) is 5.81. The third-order valence-corrected chi connectivity index (χ3v) is 5.81. The molecule has 2 N–H and O–H groups in total. The van der Waals surface area contributed by atoms with Gasteiger partial charge in [0.1, 0.15) is 11.6 Å². The molecule has 0 aromatic rings. The molecule has 1 amide bonds. The largest absolute Gasteiger partial charge is 0.480 e. The van der Waals surface area contributed by atoms with Crippen LogP contribution in [0.1, 0.15) is 71.1 Å². The van der Waals surface area contributed by atoms with Crippen LogP contribution >= 0.6 is 0 Å². The number of hydrogen-bond donors (Lipinski definition) is 2. The van der Waals surface area contributed by atoms with Gasteiger partial charge in [-0.05, 0) is 70.1 Å². The van der Waals surface area contributed by atoms with Crippen LogP contribution in [0.5, 0.6) is 0 Å². The Labute approximate surface area is 144 Å². The van der Waals surface area contributed by atoms with Crippen molar-refractivity contribution in [3.63, 3.8) is 0 Å². The van der Waals surface area contributed by atoms with Crippen LogP contribution in [0.3, 0.4) is 0 Å². The molecule has 0 unspecified atom stereocenters. The fraction of sp³-hybridized carbons (Fsp3) is 0.789. The van der Waals surface area contributed by atoms with Crippen molar-refractivity contribution in [2.24, 2.45) is 11.8 Å². The Bertz CT molecular complexity index is 458. The summed E-state index contributed by atoms with van der Waals surface area (Å²) in [6.45, 7) is 5.35. The van der Waals surface area contributed by atoms with Crippen molar-refractivity contribution in [1.82, 2.24) is 5.32 Å². The predicted molar refractivity (Wildman–Crippen MR) is 92.8 cm³/mol. The van der Waals surface area contributed by atoms with E-state index < -0.39 is 17.6 Å². The summed E-state index contributed by atoms with van der Waals surface area (Å²) in [5.41, 5.74) is -1.23. The standard InChI is InChI=1S/C19H31NO4/c1-3-4-5-9-14-10-8-13-16(14)24-18(23)20-19(2,17(21)22)15-11-6-7-12-15/h3,14-16H,1,4-13H2,2H3,(H,20,23)(H,21,22)/t14-,16-,19+/m1/s1. The van der Waals surface area contributed by atoms with Gasteiger partial charge in [-0.15, -0.1) is 6.58 Å². The minimum Gasteiger partial charge on any atom is -0.480 e. The minimum atomic E-state index is -1.23. The number of carboxylic acids is 1. The van der Waals surface area contributed by atoms with Crippen molar-refractivity contribution in [3.8, 4) is 0 Å². The summed E-state index contributed by atoms with van der Waals surface area (Å²) < 4.78 is 5.62. The molecule has 2 aliphatic rings. The molecule has 0 aromatic carbocycles. The number of carboxylic acid groups (broad SMARTS) is 1. The van der Waals surface area contributed by atoms with Gasteiger partial charge < -0.3 is 15.2 Å². The number of carbonyl (C=O) groups is 2. The van der Waals surface area contributed by atoms with Gasteiger partial charge >= 0.3 is 12.1 Å². The lowest BCUT2D eigenvalue weighted by molar-refractivity contribution is -0.146. The number of amides is 1. The van der Waals surface area contributed by atoms with Crippen molar-refractivity contribution in [3.05, 3.63) is 12.7 Å². The van der Waals surface area contributed by atoms with Crippen LogP contribution in [0.2, 0.25) is 0 Å². The van der Waals surface area contributed by atoms with E-state index in [-0.39, 0.29) is 12.0 Å². The van der Waals surface area contributed by atoms with Crippen LogP contribution in [0, 0.1) is 11.8 Å². The van der Waals surface area contributed by atoms with Gasteiger partial charge in [0.15, 0.2) is 0 Å². The van der Waals surface area contributed by atoms with Gasteiger partial charge in [-0.25, -0.2) is 9.59 Å². The monoisotopic (exact) mass is 337 g/mol. The molecule has 136 valence electrons. The Kier molecular flexibility index (Phi) is 6.69. The van der Waals surface area contributed by atoms with Gasteiger partial charge in [0, 0.05) is 0 Å². The third kappa shape index (κ3) is 4.52. The summed E-state index contributed by atoms with van der Waals surface area (Å²) in [7, 11) is 0. The lowest BCUT2D eigenvalue weighted by Gasteiger charge is -2.32. The van der Waals surface area contributed by atoms with Crippen molar-refractivity contribution in [2.45, 2.75) is 82.8 Å². The maximum Gasteiger partial charge on any atom is 0.408 e. The van der Waals surface area contributed by atoms with Crippen molar-refractivity contribution in [2.75, 3.05) is 0 Å². The Hall–Kier alpha value is -1.52. The molecule has 0 heterocycles. The van der Waals surface area contributed by atoms with E-state index in [9.17, 15) is 14.7 Å². The Morgan fingerprint density at radius 1 is 1.25 bits per heavy atom. The molecule has 0 bridgehead atoms. The number of aliphatic carboxylic acids is 1. The summed E-state index contributed by atoms with van der Waals surface area (Å²) in [5, 5.41) is 12.3. The molecule has 0 aliphatic heterocycles. The van der Waals surface area contributed by atoms with E-state index in [4.69, 9.17) is 4.74 Å². The number of nitrogens with one attached hydrogen (secondary N) is 1. The van der Waals surface area contributed by atoms with Crippen molar-refractivity contribution in [1.29, 1.82) is 0 Å². The summed E-state index contributed by atoms with van der Waals surface area (Å²) in [5.74, 6) is -0.604. The number of ether oxygens (including phenoxy) is 1. The molecule has 2 aliphatic carbocycles. The van der Waals surface area contributed by atoms with Gasteiger partial charge in [0.25, 0.3) is 0 Å². The number of allylic oxidation sites excluding steroid dienone is 1. The second-order valence-corrected chi connectivity index (χ2v) is 7.47. The average molecular weight is 337 g/mol. The maximum atomic E-state index is 12.3.